The van der Waals surface area contributed by atoms with Crippen molar-refractivity contribution in [2.24, 2.45) is 0 Å². The average molecular weight is 449 g/mol. The quantitative estimate of drug-likeness (QED) is 0.212. The lowest BCUT2D eigenvalue weighted by Gasteiger charge is -2.15. The molecule has 7 aromatic rings. The highest BCUT2D eigenvalue weighted by Gasteiger charge is 2.15. The van der Waals surface area contributed by atoms with Gasteiger partial charge in [-0.05, 0) is 95.3 Å². The summed E-state index contributed by atoms with van der Waals surface area (Å²) in [7, 11) is 0. The Bertz CT molecular complexity index is 1980. The molecule has 164 valence electrons. The second-order valence-electron chi connectivity index (χ2n) is 9.10. The monoisotopic (exact) mass is 448 g/mol. The summed E-state index contributed by atoms with van der Waals surface area (Å²) in [5, 5.41) is 21.1. The molecular formula is C33H20O2. The number of fused-ring (bicyclic) bond motifs is 6. The average Bonchev–Trinajstić information content (AvgIpc) is 2.90. The summed E-state index contributed by atoms with van der Waals surface area (Å²) in [4.78, 5) is 11.9. The van der Waals surface area contributed by atoms with Crippen LogP contribution in [0.25, 0.3) is 65.0 Å². The van der Waals surface area contributed by atoms with Gasteiger partial charge in [-0.25, -0.2) is 4.79 Å². The van der Waals surface area contributed by atoms with Gasteiger partial charge in [0.05, 0.1) is 5.56 Å². The molecule has 0 spiro atoms. The predicted octanol–water partition coefficient (Wildman–Crippen LogP) is 8.82. The van der Waals surface area contributed by atoms with Gasteiger partial charge in [-0.2, -0.15) is 0 Å². The van der Waals surface area contributed by atoms with Gasteiger partial charge in [0, 0.05) is 0 Å². The lowest BCUT2D eigenvalue weighted by molar-refractivity contribution is 0.0699. The zero-order chi connectivity index (χ0) is 23.5. The third kappa shape index (κ3) is 3.00. The number of carboxylic acid groups (broad SMARTS) is 1. The Kier molecular flexibility index (Phi) is 4.18. The molecule has 0 unspecified atom stereocenters. The van der Waals surface area contributed by atoms with E-state index in [0.717, 1.165) is 27.3 Å². The van der Waals surface area contributed by atoms with Gasteiger partial charge in [0.1, 0.15) is 0 Å². The second kappa shape index (κ2) is 7.41. The summed E-state index contributed by atoms with van der Waals surface area (Å²) in [6.07, 6.45) is 0. The molecule has 7 aromatic carbocycles. The fourth-order valence-corrected chi connectivity index (χ4v) is 5.49. The first-order valence-electron chi connectivity index (χ1n) is 11.7. The van der Waals surface area contributed by atoms with Crippen LogP contribution in [0.5, 0.6) is 0 Å². The van der Waals surface area contributed by atoms with Crippen molar-refractivity contribution in [1.29, 1.82) is 0 Å². The van der Waals surface area contributed by atoms with Crippen LogP contribution in [-0.4, -0.2) is 11.1 Å². The first kappa shape index (κ1) is 19.7. The highest BCUT2D eigenvalue weighted by atomic mass is 16.4. The SMILES string of the molecule is O=C(O)c1cccc2ccc(-c3c4ccccc4cc4c3ccc3cc5ccccc5cc34)cc12. The Labute approximate surface area is 201 Å². The van der Waals surface area contributed by atoms with Crippen molar-refractivity contribution in [1.82, 2.24) is 0 Å². The second-order valence-corrected chi connectivity index (χ2v) is 9.10. The van der Waals surface area contributed by atoms with Gasteiger partial charge in [-0.1, -0.05) is 84.9 Å². The summed E-state index contributed by atoms with van der Waals surface area (Å²) >= 11 is 0. The minimum absolute atomic E-state index is 0.325. The van der Waals surface area contributed by atoms with Gasteiger partial charge in [0.25, 0.3) is 0 Å². The molecular weight excluding hydrogens is 428 g/mol. The molecule has 35 heavy (non-hydrogen) atoms. The van der Waals surface area contributed by atoms with Gasteiger partial charge < -0.3 is 5.11 Å². The van der Waals surface area contributed by atoms with Crippen LogP contribution in [0.1, 0.15) is 10.4 Å². The van der Waals surface area contributed by atoms with Gasteiger partial charge in [-0.3, -0.25) is 0 Å². The molecule has 0 aromatic heterocycles. The Morgan fingerprint density at radius 1 is 0.457 bits per heavy atom. The van der Waals surface area contributed by atoms with Crippen LogP contribution in [-0.2, 0) is 0 Å². The van der Waals surface area contributed by atoms with Crippen molar-refractivity contribution in [3.63, 3.8) is 0 Å². The molecule has 0 aliphatic carbocycles. The van der Waals surface area contributed by atoms with E-state index in [2.05, 4.69) is 84.9 Å². The van der Waals surface area contributed by atoms with E-state index in [1.54, 1.807) is 12.1 Å². The molecule has 0 saturated heterocycles. The van der Waals surface area contributed by atoms with E-state index in [1.165, 1.54) is 37.7 Å². The summed E-state index contributed by atoms with van der Waals surface area (Å²) in [5.41, 5.74) is 2.48. The van der Waals surface area contributed by atoms with Crippen molar-refractivity contribution in [2.75, 3.05) is 0 Å². The van der Waals surface area contributed by atoms with Crippen molar-refractivity contribution >= 4 is 59.8 Å². The zero-order valence-electron chi connectivity index (χ0n) is 18.8. The lowest BCUT2D eigenvalue weighted by atomic mass is 9.88. The molecule has 0 radical (unpaired) electrons. The van der Waals surface area contributed by atoms with E-state index < -0.39 is 5.97 Å². The smallest absolute Gasteiger partial charge is 0.336 e. The molecule has 2 heteroatoms. The zero-order valence-corrected chi connectivity index (χ0v) is 18.8. The predicted molar refractivity (Wildman–Crippen MR) is 146 cm³/mol. The van der Waals surface area contributed by atoms with Crippen LogP contribution in [0.15, 0.2) is 115 Å². The van der Waals surface area contributed by atoms with E-state index in [-0.39, 0.29) is 0 Å². The fourth-order valence-electron chi connectivity index (χ4n) is 5.49. The number of hydrogen-bond donors (Lipinski definition) is 1. The molecule has 0 heterocycles. The van der Waals surface area contributed by atoms with Crippen LogP contribution in [0.3, 0.4) is 0 Å². The fraction of sp³-hybridized carbons (Fsp3) is 0. The topological polar surface area (TPSA) is 37.3 Å². The summed E-state index contributed by atoms with van der Waals surface area (Å²) in [5.74, 6) is -0.909. The lowest BCUT2D eigenvalue weighted by Crippen LogP contribution is -1.97. The van der Waals surface area contributed by atoms with Crippen molar-refractivity contribution in [2.45, 2.75) is 0 Å². The normalized spacial score (nSPS) is 11.7. The largest absolute Gasteiger partial charge is 0.478 e. The van der Waals surface area contributed by atoms with Crippen molar-refractivity contribution in [3.8, 4) is 11.1 Å². The molecule has 0 aliphatic heterocycles. The molecule has 7 rings (SSSR count). The Hall–Kier alpha value is -4.69. The highest BCUT2D eigenvalue weighted by molar-refractivity contribution is 6.22. The number of rotatable bonds is 2. The van der Waals surface area contributed by atoms with Gasteiger partial charge >= 0.3 is 5.97 Å². The Morgan fingerprint density at radius 3 is 1.94 bits per heavy atom. The van der Waals surface area contributed by atoms with E-state index in [1.807, 2.05) is 18.2 Å². The molecule has 0 saturated carbocycles. The van der Waals surface area contributed by atoms with Crippen molar-refractivity contribution in [3.05, 3.63) is 121 Å². The first-order chi connectivity index (χ1) is 17.2. The van der Waals surface area contributed by atoms with Gasteiger partial charge in [0.2, 0.25) is 0 Å². The Morgan fingerprint density at radius 2 is 1.11 bits per heavy atom. The molecule has 0 aliphatic rings. The maximum atomic E-state index is 11.9. The maximum absolute atomic E-state index is 11.9. The van der Waals surface area contributed by atoms with Crippen LogP contribution < -0.4 is 0 Å². The minimum Gasteiger partial charge on any atom is -0.478 e. The summed E-state index contributed by atoms with van der Waals surface area (Å²) in [6.45, 7) is 0. The van der Waals surface area contributed by atoms with Crippen LogP contribution >= 0.6 is 0 Å². The number of benzene rings is 7. The molecule has 0 amide bonds. The third-order valence-electron chi connectivity index (χ3n) is 7.13. The summed E-state index contributed by atoms with van der Waals surface area (Å²) < 4.78 is 0. The van der Waals surface area contributed by atoms with Crippen molar-refractivity contribution < 1.29 is 9.90 Å². The molecule has 0 atom stereocenters. The number of aromatic carboxylic acids is 1. The van der Waals surface area contributed by atoms with E-state index in [4.69, 9.17) is 0 Å². The number of carboxylic acids is 1. The molecule has 2 nitrogen and oxygen atoms in total. The van der Waals surface area contributed by atoms with Gasteiger partial charge in [0.15, 0.2) is 0 Å². The van der Waals surface area contributed by atoms with E-state index in [0.29, 0.717) is 5.56 Å². The van der Waals surface area contributed by atoms with E-state index in [9.17, 15) is 9.90 Å². The van der Waals surface area contributed by atoms with Crippen LogP contribution in [0.2, 0.25) is 0 Å². The molecule has 0 fully saturated rings. The van der Waals surface area contributed by atoms with Crippen LogP contribution in [0, 0.1) is 0 Å². The summed E-state index contributed by atoms with van der Waals surface area (Å²) in [6, 6.07) is 39.8. The van der Waals surface area contributed by atoms with E-state index >= 15 is 0 Å². The third-order valence-corrected chi connectivity index (χ3v) is 7.13. The maximum Gasteiger partial charge on any atom is 0.336 e. The molecule has 1 N–H and O–H groups in total. The first-order valence-corrected chi connectivity index (χ1v) is 11.7. The molecule has 0 bridgehead atoms. The van der Waals surface area contributed by atoms with Crippen LogP contribution in [0.4, 0.5) is 0 Å². The number of carbonyl (C=O) groups is 1. The highest BCUT2D eigenvalue weighted by Crippen LogP contribution is 2.41. The Balaban J connectivity index is 1.63. The standard InChI is InChI=1S/C33H20O2/c34-33(35)28-11-5-9-20-12-13-25(19-29(20)28)32-26-10-4-3-8-23(26)18-31-27(32)15-14-24-16-21-6-1-2-7-22(21)17-30(24)31/h1-19H,(H,34,35). The number of hydrogen-bond acceptors (Lipinski definition) is 1. The van der Waals surface area contributed by atoms with Gasteiger partial charge in [-0.15, -0.1) is 0 Å². The minimum atomic E-state index is -0.909.